The van der Waals surface area contributed by atoms with E-state index in [2.05, 4.69) is 4.98 Å². The first-order chi connectivity index (χ1) is 12.2. The number of amides is 1. The summed E-state index contributed by atoms with van der Waals surface area (Å²) in [5.74, 6) is -1.29. The van der Waals surface area contributed by atoms with Gasteiger partial charge in [-0.1, -0.05) is 30.3 Å². The number of alkyl halides is 3. The minimum Gasteiger partial charge on any atom is -0.373 e. The summed E-state index contributed by atoms with van der Waals surface area (Å²) in [6, 6.07) is 9.73. The summed E-state index contributed by atoms with van der Waals surface area (Å²) in [7, 11) is 0. The molecule has 1 aliphatic heterocycles. The van der Waals surface area contributed by atoms with Crippen LogP contribution >= 0.6 is 0 Å². The van der Waals surface area contributed by atoms with Crippen molar-refractivity contribution in [2.24, 2.45) is 0 Å². The fourth-order valence-electron chi connectivity index (χ4n) is 3.20. The summed E-state index contributed by atoms with van der Waals surface area (Å²) >= 11 is 0. The highest BCUT2D eigenvalue weighted by Gasteiger charge is 2.57. The molecule has 1 aromatic carbocycles. The molecule has 0 radical (unpaired) electrons. The Bertz CT molecular complexity index is 763. The van der Waals surface area contributed by atoms with Crippen molar-refractivity contribution in [1.29, 1.82) is 0 Å². The zero-order valence-corrected chi connectivity index (χ0v) is 14.3. The van der Waals surface area contributed by atoms with Gasteiger partial charge in [0.05, 0.1) is 18.2 Å². The molecule has 1 saturated heterocycles. The van der Waals surface area contributed by atoms with Crippen LogP contribution in [0.2, 0.25) is 0 Å². The Labute approximate surface area is 149 Å². The van der Waals surface area contributed by atoms with Crippen molar-refractivity contribution < 1.29 is 23.1 Å². The van der Waals surface area contributed by atoms with Gasteiger partial charge >= 0.3 is 6.18 Å². The van der Waals surface area contributed by atoms with Gasteiger partial charge in [0.1, 0.15) is 0 Å². The van der Waals surface area contributed by atoms with Crippen molar-refractivity contribution in [3.8, 4) is 11.3 Å². The summed E-state index contributed by atoms with van der Waals surface area (Å²) in [6.07, 6.45) is -0.546. The van der Waals surface area contributed by atoms with Crippen LogP contribution < -0.4 is 0 Å². The van der Waals surface area contributed by atoms with Crippen LogP contribution in [0.1, 0.15) is 25.8 Å². The number of likely N-dealkylation sites (tertiary alicyclic amines) is 1. The number of carbonyl (C=O) groups excluding carboxylic acids is 1. The molecule has 0 aliphatic carbocycles. The number of hydrogen-bond donors (Lipinski definition) is 1. The van der Waals surface area contributed by atoms with Gasteiger partial charge in [-0.25, -0.2) is 4.98 Å². The number of aromatic nitrogens is 2. The third-order valence-corrected chi connectivity index (χ3v) is 4.85. The molecule has 0 bridgehead atoms. The van der Waals surface area contributed by atoms with Crippen LogP contribution in [0.5, 0.6) is 0 Å². The van der Waals surface area contributed by atoms with Crippen molar-refractivity contribution in [2.75, 3.05) is 13.1 Å². The van der Waals surface area contributed by atoms with Gasteiger partial charge in [0.15, 0.2) is 0 Å². The van der Waals surface area contributed by atoms with Gasteiger partial charge in [0.25, 0.3) is 5.91 Å². The Morgan fingerprint density at radius 3 is 2.38 bits per heavy atom. The number of benzene rings is 1. The molecule has 1 aromatic heterocycles. The van der Waals surface area contributed by atoms with Crippen molar-refractivity contribution in [1.82, 2.24) is 14.5 Å². The lowest BCUT2D eigenvalue weighted by molar-refractivity contribution is -0.250. The molecule has 26 heavy (non-hydrogen) atoms. The summed E-state index contributed by atoms with van der Waals surface area (Å²) in [5, 5.41) is 9.58. The molecule has 8 heteroatoms. The predicted octanol–water partition coefficient (Wildman–Crippen LogP) is 3.03. The first-order valence-electron chi connectivity index (χ1n) is 8.37. The van der Waals surface area contributed by atoms with E-state index in [-0.39, 0.29) is 19.1 Å². The third kappa shape index (κ3) is 3.33. The van der Waals surface area contributed by atoms with Gasteiger partial charge in [-0.3, -0.25) is 4.79 Å². The van der Waals surface area contributed by atoms with Gasteiger partial charge < -0.3 is 14.6 Å². The number of imidazole rings is 1. The molecule has 1 aliphatic rings. The second kappa shape index (κ2) is 6.75. The predicted molar refractivity (Wildman–Crippen MR) is 89.2 cm³/mol. The average Bonchev–Trinajstić information content (AvgIpc) is 3.10. The summed E-state index contributed by atoms with van der Waals surface area (Å²) in [4.78, 5) is 17.4. The molecule has 1 fully saturated rings. The van der Waals surface area contributed by atoms with Crippen LogP contribution in [0.25, 0.3) is 11.3 Å². The number of carbonyl (C=O) groups is 1. The number of aliphatic hydroxyl groups is 1. The minimum atomic E-state index is -4.99. The van der Waals surface area contributed by atoms with Crippen LogP contribution in [0.4, 0.5) is 13.2 Å². The van der Waals surface area contributed by atoms with Crippen molar-refractivity contribution in [2.45, 2.75) is 37.6 Å². The number of nitrogens with zero attached hydrogens (tertiary/aromatic N) is 3. The first kappa shape index (κ1) is 18.4. The fraction of sp³-hybridized carbons (Fsp3) is 0.444. The van der Waals surface area contributed by atoms with E-state index in [4.69, 9.17) is 0 Å². The van der Waals surface area contributed by atoms with Crippen LogP contribution in [0, 0.1) is 0 Å². The molecule has 1 amide bonds. The maximum absolute atomic E-state index is 12.9. The van der Waals surface area contributed by atoms with Crippen LogP contribution in [-0.4, -0.2) is 50.3 Å². The van der Waals surface area contributed by atoms with E-state index in [1.807, 2.05) is 34.9 Å². The number of hydrogen-bond acceptors (Lipinski definition) is 3. The van der Waals surface area contributed by atoms with E-state index in [0.717, 1.165) is 16.2 Å². The Balaban J connectivity index is 1.71. The monoisotopic (exact) mass is 367 g/mol. The zero-order valence-electron chi connectivity index (χ0n) is 14.3. The Hall–Kier alpha value is -2.35. The Morgan fingerprint density at radius 1 is 1.19 bits per heavy atom. The number of rotatable bonds is 3. The maximum atomic E-state index is 12.9. The van der Waals surface area contributed by atoms with Crippen LogP contribution in [0.15, 0.2) is 42.9 Å². The quantitative estimate of drug-likeness (QED) is 0.907. The summed E-state index contributed by atoms with van der Waals surface area (Å²) < 4.78 is 40.6. The molecular formula is C18H20F3N3O2. The van der Waals surface area contributed by atoms with Crippen LogP contribution in [0.3, 0.4) is 0 Å². The Morgan fingerprint density at radius 2 is 1.81 bits per heavy atom. The molecule has 2 aromatic rings. The zero-order chi connectivity index (χ0) is 18.9. The van der Waals surface area contributed by atoms with E-state index in [9.17, 15) is 23.1 Å². The highest BCUT2D eigenvalue weighted by molar-refractivity contribution is 5.85. The van der Waals surface area contributed by atoms with Crippen LogP contribution in [-0.2, 0) is 4.79 Å². The summed E-state index contributed by atoms with van der Waals surface area (Å²) in [6.45, 7) is 0.815. The maximum Gasteiger partial charge on any atom is 0.426 e. The normalized spacial score (nSPS) is 18.6. The standard InChI is InChI=1S/C18H20F3N3O2/c1-17(26,18(19,20)21)16(25)23-9-7-14(8-10-23)24-12-22-11-15(24)13-5-3-2-4-6-13/h2-6,11-12,14,26H,7-10H2,1H3/t17-/m1/s1. The van der Waals surface area contributed by atoms with E-state index >= 15 is 0 Å². The molecule has 0 spiro atoms. The van der Waals surface area contributed by atoms with E-state index < -0.39 is 17.7 Å². The topological polar surface area (TPSA) is 58.4 Å². The lowest BCUT2D eigenvalue weighted by Crippen LogP contribution is -2.57. The second-order valence-electron chi connectivity index (χ2n) is 6.65. The molecule has 140 valence electrons. The number of halogens is 3. The lowest BCUT2D eigenvalue weighted by atomic mass is 9.99. The van der Waals surface area contributed by atoms with E-state index in [1.165, 1.54) is 0 Å². The number of piperidine rings is 1. The lowest BCUT2D eigenvalue weighted by Gasteiger charge is -2.37. The summed E-state index contributed by atoms with van der Waals surface area (Å²) in [5.41, 5.74) is -1.43. The van der Waals surface area contributed by atoms with Crippen molar-refractivity contribution in [3.63, 3.8) is 0 Å². The molecule has 3 rings (SSSR count). The molecule has 1 N–H and O–H groups in total. The Kier molecular flexibility index (Phi) is 4.79. The van der Waals surface area contributed by atoms with Gasteiger partial charge in [-0.2, -0.15) is 13.2 Å². The fourth-order valence-corrected chi connectivity index (χ4v) is 3.20. The van der Waals surface area contributed by atoms with Gasteiger partial charge in [0.2, 0.25) is 5.60 Å². The van der Waals surface area contributed by atoms with Gasteiger partial charge in [-0.05, 0) is 25.3 Å². The molecular weight excluding hydrogens is 347 g/mol. The van der Waals surface area contributed by atoms with Gasteiger partial charge in [-0.15, -0.1) is 0 Å². The first-order valence-corrected chi connectivity index (χ1v) is 8.37. The van der Waals surface area contributed by atoms with E-state index in [0.29, 0.717) is 19.8 Å². The SMILES string of the molecule is C[C@@](O)(C(=O)N1CCC(n2cncc2-c2ccccc2)CC1)C(F)(F)F. The molecule has 2 heterocycles. The molecule has 5 nitrogen and oxygen atoms in total. The molecule has 0 unspecified atom stereocenters. The van der Waals surface area contributed by atoms with Crippen molar-refractivity contribution >= 4 is 5.91 Å². The van der Waals surface area contributed by atoms with E-state index in [1.54, 1.807) is 12.5 Å². The molecule has 0 saturated carbocycles. The average molecular weight is 367 g/mol. The smallest absolute Gasteiger partial charge is 0.373 e. The minimum absolute atomic E-state index is 0.0348. The van der Waals surface area contributed by atoms with Gasteiger partial charge in [0, 0.05) is 19.1 Å². The second-order valence-corrected chi connectivity index (χ2v) is 6.65. The highest BCUT2D eigenvalue weighted by atomic mass is 19.4. The van der Waals surface area contributed by atoms with Crippen molar-refractivity contribution in [3.05, 3.63) is 42.9 Å². The third-order valence-electron chi connectivity index (χ3n) is 4.85. The molecule has 1 atom stereocenters. The largest absolute Gasteiger partial charge is 0.426 e. The highest BCUT2D eigenvalue weighted by Crippen LogP contribution is 2.34.